The molecule has 1 aliphatic rings. The first-order valence-corrected chi connectivity index (χ1v) is 13.1. The second-order valence-electron chi connectivity index (χ2n) is 8.33. The third-order valence-electron chi connectivity index (χ3n) is 5.82. The first-order chi connectivity index (χ1) is 16.6. The Labute approximate surface area is 209 Å². The highest BCUT2D eigenvalue weighted by Gasteiger charge is 2.42. The number of fused-ring (bicyclic) bond motifs is 1. The van der Waals surface area contributed by atoms with Gasteiger partial charge in [-0.1, -0.05) is 23.7 Å². The molecular weight excluding hydrogens is 496 g/mol. The molecule has 0 aliphatic carbocycles. The molecule has 1 heterocycles. The zero-order valence-corrected chi connectivity index (χ0v) is 20.7. The van der Waals surface area contributed by atoms with Crippen molar-refractivity contribution in [2.75, 3.05) is 32.8 Å². The smallest absolute Gasteiger partial charge is 0.244 e. The van der Waals surface area contributed by atoms with Crippen LogP contribution in [0.15, 0.2) is 41.3 Å². The monoisotopic (exact) mass is 524 g/mol. The molecule has 2 aromatic carbocycles. The van der Waals surface area contributed by atoms with Crippen LogP contribution in [0.5, 0.6) is 0 Å². The van der Waals surface area contributed by atoms with Gasteiger partial charge in [0.05, 0.1) is 18.0 Å². The average Bonchev–Trinajstić information content (AvgIpc) is 3.17. The van der Waals surface area contributed by atoms with Crippen molar-refractivity contribution in [1.29, 1.82) is 0 Å². The van der Waals surface area contributed by atoms with Crippen molar-refractivity contribution >= 4 is 50.1 Å². The quantitative estimate of drug-likeness (QED) is 0.350. The molecule has 35 heavy (non-hydrogen) atoms. The predicted octanol–water partition coefficient (Wildman–Crippen LogP) is 0.849. The molecule has 0 aromatic heterocycles. The number of hydrogen-bond acceptors (Lipinski definition) is 6. The summed E-state index contributed by atoms with van der Waals surface area (Å²) in [5.41, 5.74) is 5.35. The fourth-order valence-electron chi connectivity index (χ4n) is 4.09. The van der Waals surface area contributed by atoms with E-state index in [1.165, 1.54) is 12.1 Å². The number of aliphatic hydroxyl groups is 1. The molecule has 0 saturated carbocycles. The van der Waals surface area contributed by atoms with Crippen LogP contribution in [0, 0.1) is 0 Å². The lowest BCUT2D eigenvalue weighted by molar-refractivity contribution is -0.131. The molecule has 3 amide bonds. The van der Waals surface area contributed by atoms with Crippen LogP contribution in [0.2, 0.25) is 5.02 Å². The van der Waals surface area contributed by atoms with Crippen LogP contribution < -0.4 is 11.1 Å². The average molecular weight is 525 g/mol. The van der Waals surface area contributed by atoms with Gasteiger partial charge in [0.15, 0.2) is 0 Å². The number of carbonyl (C=O) groups excluding carboxylic acids is 3. The van der Waals surface area contributed by atoms with E-state index in [1.54, 1.807) is 29.2 Å². The van der Waals surface area contributed by atoms with E-state index in [2.05, 4.69) is 5.32 Å². The van der Waals surface area contributed by atoms with Gasteiger partial charge in [-0.25, -0.2) is 8.42 Å². The van der Waals surface area contributed by atoms with Crippen LogP contribution in [-0.2, 0) is 24.4 Å². The number of primary amides is 1. The van der Waals surface area contributed by atoms with Crippen LogP contribution in [0.3, 0.4) is 0 Å². The fraction of sp³-hybridized carbons (Fsp3) is 0.435. The Bertz CT molecular complexity index is 1210. The van der Waals surface area contributed by atoms with Crippen molar-refractivity contribution in [3.63, 3.8) is 0 Å². The Morgan fingerprint density at radius 3 is 2.60 bits per heavy atom. The number of nitrogens with zero attached hydrogens (tertiary/aromatic N) is 2. The number of unbranched alkanes of at least 4 members (excludes halogenated alkanes) is 1. The third-order valence-corrected chi connectivity index (χ3v) is 7.91. The number of hydrogen-bond donors (Lipinski definition) is 3. The Morgan fingerprint density at radius 1 is 1.17 bits per heavy atom. The predicted molar refractivity (Wildman–Crippen MR) is 131 cm³/mol. The van der Waals surface area contributed by atoms with Gasteiger partial charge in [-0.2, -0.15) is 4.31 Å². The van der Waals surface area contributed by atoms with Gasteiger partial charge < -0.3 is 21.1 Å². The highest BCUT2D eigenvalue weighted by Crippen LogP contribution is 2.28. The first-order valence-electron chi connectivity index (χ1n) is 11.3. The van der Waals surface area contributed by atoms with Crippen molar-refractivity contribution < 1.29 is 27.9 Å². The summed E-state index contributed by atoms with van der Waals surface area (Å²) in [5.74, 6) is -1.44. The molecule has 0 bridgehead atoms. The Kier molecular flexibility index (Phi) is 9.06. The summed E-state index contributed by atoms with van der Waals surface area (Å²) in [4.78, 5) is 37.9. The summed E-state index contributed by atoms with van der Waals surface area (Å²) in [5, 5.41) is 13.2. The van der Waals surface area contributed by atoms with E-state index in [0.717, 1.165) is 9.69 Å². The van der Waals surface area contributed by atoms with Crippen LogP contribution >= 0.6 is 11.6 Å². The van der Waals surface area contributed by atoms with Crippen LogP contribution in [0.4, 0.5) is 0 Å². The van der Waals surface area contributed by atoms with E-state index in [0.29, 0.717) is 36.3 Å². The molecule has 1 atom stereocenters. The summed E-state index contributed by atoms with van der Waals surface area (Å²) in [6.07, 6.45) is 1.59. The molecule has 2 aromatic rings. The number of rotatable bonds is 12. The van der Waals surface area contributed by atoms with Gasteiger partial charge in [-0.15, -0.1) is 0 Å². The lowest BCUT2D eigenvalue weighted by Crippen LogP contribution is -2.48. The maximum Gasteiger partial charge on any atom is 0.244 e. The molecule has 4 N–H and O–H groups in total. The number of nitrogens with one attached hydrogen (secondary N) is 1. The number of halogens is 1. The van der Waals surface area contributed by atoms with E-state index in [1.807, 2.05) is 0 Å². The molecular formula is C23H29ClN4O6S. The zero-order chi connectivity index (χ0) is 25.6. The Morgan fingerprint density at radius 2 is 1.89 bits per heavy atom. The lowest BCUT2D eigenvalue weighted by Gasteiger charge is -2.26. The van der Waals surface area contributed by atoms with Gasteiger partial charge in [0, 0.05) is 31.1 Å². The van der Waals surface area contributed by atoms with E-state index < -0.39 is 34.4 Å². The molecule has 0 spiro atoms. The second kappa shape index (κ2) is 11.8. The molecule has 1 unspecified atom stereocenters. The van der Waals surface area contributed by atoms with Gasteiger partial charge in [0.25, 0.3) is 0 Å². The summed E-state index contributed by atoms with van der Waals surface area (Å²) < 4.78 is 27.9. The SMILES string of the molecule is NC(=O)CN(C1CCN(CCCCC(=O)NCCO)C1=O)S(=O)(=O)c1ccc2cc(Cl)ccc2c1. The van der Waals surface area contributed by atoms with E-state index in [4.69, 9.17) is 22.4 Å². The first kappa shape index (κ1) is 26.9. The van der Waals surface area contributed by atoms with Gasteiger partial charge >= 0.3 is 0 Å². The highest BCUT2D eigenvalue weighted by atomic mass is 35.5. The second-order valence-corrected chi connectivity index (χ2v) is 10.7. The maximum absolute atomic E-state index is 13.5. The molecule has 190 valence electrons. The van der Waals surface area contributed by atoms with Crippen molar-refractivity contribution in [2.24, 2.45) is 5.73 Å². The minimum Gasteiger partial charge on any atom is -0.395 e. The van der Waals surface area contributed by atoms with Crippen LogP contribution in [0.25, 0.3) is 10.8 Å². The number of aliphatic hydroxyl groups excluding tert-OH is 1. The molecule has 1 aliphatic heterocycles. The Balaban J connectivity index is 1.72. The molecule has 1 fully saturated rings. The lowest BCUT2D eigenvalue weighted by atomic mass is 10.1. The molecule has 12 heteroatoms. The zero-order valence-electron chi connectivity index (χ0n) is 19.2. The minimum absolute atomic E-state index is 0.0475. The number of benzene rings is 2. The van der Waals surface area contributed by atoms with Gasteiger partial charge in [-0.3, -0.25) is 14.4 Å². The standard InChI is InChI=1S/C23H29ClN4O6S/c24-18-6-4-17-14-19(7-5-16(17)13-18)35(33,34)28(15-21(25)30)20-8-11-27(23(20)32)10-2-1-3-22(31)26-9-12-29/h4-7,13-14,20,29H,1-3,8-12,15H2,(H2,25,30)(H,26,31). The molecule has 1 saturated heterocycles. The highest BCUT2D eigenvalue weighted by molar-refractivity contribution is 7.89. The van der Waals surface area contributed by atoms with Crippen LogP contribution in [0.1, 0.15) is 25.7 Å². The minimum atomic E-state index is -4.20. The van der Waals surface area contributed by atoms with E-state index in [-0.39, 0.29) is 36.8 Å². The number of likely N-dealkylation sites (tertiary alicyclic amines) is 1. The number of nitrogens with two attached hydrogens (primary N) is 1. The maximum atomic E-state index is 13.5. The largest absolute Gasteiger partial charge is 0.395 e. The van der Waals surface area contributed by atoms with Crippen molar-refractivity contribution in [1.82, 2.24) is 14.5 Å². The van der Waals surface area contributed by atoms with Crippen LogP contribution in [-0.4, -0.2) is 79.3 Å². The third kappa shape index (κ3) is 6.69. The van der Waals surface area contributed by atoms with Gasteiger partial charge in [0.1, 0.15) is 6.04 Å². The number of amides is 3. The van der Waals surface area contributed by atoms with E-state index >= 15 is 0 Å². The van der Waals surface area contributed by atoms with Gasteiger partial charge in [0.2, 0.25) is 27.7 Å². The van der Waals surface area contributed by atoms with Crippen molar-refractivity contribution in [3.05, 3.63) is 41.4 Å². The topological polar surface area (TPSA) is 150 Å². The summed E-state index contributed by atoms with van der Waals surface area (Å²) in [6.45, 7) is 0.148. The molecule has 10 nitrogen and oxygen atoms in total. The summed E-state index contributed by atoms with van der Waals surface area (Å²) >= 11 is 6.00. The Hall–Kier alpha value is -2.73. The summed E-state index contributed by atoms with van der Waals surface area (Å²) in [6, 6.07) is 8.53. The number of sulfonamides is 1. The van der Waals surface area contributed by atoms with Crippen molar-refractivity contribution in [3.8, 4) is 0 Å². The van der Waals surface area contributed by atoms with Gasteiger partial charge in [-0.05, 0) is 54.3 Å². The normalized spacial score (nSPS) is 16.3. The molecule has 0 radical (unpaired) electrons. The molecule has 3 rings (SSSR count). The van der Waals surface area contributed by atoms with E-state index in [9.17, 15) is 22.8 Å². The van der Waals surface area contributed by atoms with Crippen molar-refractivity contribution in [2.45, 2.75) is 36.6 Å². The summed E-state index contributed by atoms with van der Waals surface area (Å²) in [7, 11) is -4.20. The number of carbonyl (C=O) groups is 3. The fourth-order valence-corrected chi connectivity index (χ4v) is 5.89.